The van der Waals surface area contributed by atoms with Crippen LogP contribution in [0.1, 0.15) is 19.2 Å². The van der Waals surface area contributed by atoms with Crippen molar-refractivity contribution >= 4 is 39.7 Å². The molecular formula is C19H24N5S2+. The van der Waals surface area contributed by atoms with Crippen LogP contribution in [0, 0.1) is 3.95 Å². The van der Waals surface area contributed by atoms with Crippen molar-refractivity contribution in [2.24, 2.45) is 0 Å². The van der Waals surface area contributed by atoms with Crippen molar-refractivity contribution in [2.45, 2.75) is 19.8 Å². The molecule has 0 bridgehead atoms. The number of thiazole rings is 1. The molecule has 0 aliphatic carbocycles. The molecular weight excluding hydrogens is 362 g/mol. The molecule has 0 atom stereocenters. The van der Waals surface area contributed by atoms with Crippen LogP contribution in [0.5, 0.6) is 0 Å². The van der Waals surface area contributed by atoms with Gasteiger partial charge in [0.15, 0.2) is 15.4 Å². The SMILES string of the molecule is CCCc1nc(N2CC[NH+](C)CC2)c2sc(=S)n(-c3ccccc3)c2n1. The van der Waals surface area contributed by atoms with Gasteiger partial charge in [-0.25, -0.2) is 9.97 Å². The quantitative estimate of drug-likeness (QED) is 0.699. The van der Waals surface area contributed by atoms with Crippen LogP contribution in [0.15, 0.2) is 30.3 Å². The average molecular weight is 387 g/mol. The summed E-state index contributed by atoms with van der Waals surface area (Å²) in [4.78, 5) is 13.8. The molecule has 1 aliphatic heterocycles. The highest BCUT2D eigenvalue weighted by Crippen LogP contribution is 2.32. The highest BCUT2D eigenvalue weighted by atomic mass is 32.1. The minimum absolute atomic E-state index is 0.829. The molecule has 7 heteroatoms. The molecule has 0 radical (unpaired) electrons. The second-order valence-corrected chi connectivity index (χ2v) is 8.49. The minimum atomic E-state index is 0.829. The number of para-hydroxylation sites is 1. The van der Waals surface area contributed by atoms with Crippen LogP contribution in [0.2, 0.25) is 0 Å². The van der Waals surface area contributed by atoms with E-state index in [1.165, 1.54) is 0 Å². The molecule has 1 aliphatic rings. The highest BCUT2D eigenvalue weighted by Gasteiger charge is 2.23. The lowest BCUT2D eigenvalue weighted by Gasteiger charge is -2.31. The van der Waals surface area contributed by atoms with E-state index in [4.69, 9.17) is 22.2 Å². The van der Waals surface area contributed by atoms with Crippen molar-refractivity contribution in [1.29, 1.82) is 0 Å². The predicted octanol–water partition coefficient (Wildman–Crippen LogP) is 2.50. The summed E-state index contributed by atoms with van der Waals surface area (Å²) in [7, 11) is 2.26. The van der Waals surface area contributed by atoms with Gasteiger partial charge in [0.25, 0.3) is 0 Å². The van der Waals surface area contributed by atoms with Crippen molar-refractivity contribution in [3.8, 4) is 5.69 Å². The maximum absolute atomic E-state index is 5.71. The first-order valence-corrected chi connectivity index (χ1v) is 10.4. The van der Waals surface area contributed by atoms with Gasteiger partial charge in [0.05, 0.1) is 33.2 Å². The van der Waals surface area contributed by atoms with Gasteiger partial charge in [-0.3, -0.25) is 4.57 Å². The molecule has 0 saturated carbocycles. The predicted molar refractivity (Wildman–Crippen MR) is 110 cm³/mol. The van der Waals surface area contributed by atoms with Gasteiger partial charge in [-0.05, 0) is 30.8 Å². The molecule has 5 nitrogen and oxygen atoms in total. The number of piperazine rings is 1. The van der Waals surface area contributed by atoms with E-state index in [2.05, 4.69) is 35.6 Å². The van der Waals surface area contributed by atoms with Gasteiger partial charge in [0, 0.05) is 12.1 Å². The molecule has 3 aromatic rings. The number of aromatic nitrogens is 3. The molecule has 0 amide bonds. The third kappa shape index (κ3) is 3.26. The second kappa shape index (κ2) is 7.42. The van der Waals surface area contributed by atoms with Crippen molar-refractivity contribution in [3.63, 3.8) is 0 Å². The number of hydrogen-bond donors (Lipinski definition) is 1. The van der Waals surface area contributed by atoms with Crippen molar-refractivity contribution < 1.29 is 4.90 Å². The number of rotatable bonds is 4. The number of aryl methyl sites for hydroxylation is 1. The van der Waals surface area contributed by atoms with E-state index in [-0.39, 0.29) is 0 Å². The molecule has 1 aromatic carbocycles. The zero-order chi connectivity index (χ0) is 18.1. The van der Waals surface area contributed by atoms with Gasteiger partial charge < -0.3 is 9.80 Å². The first-order valence-electron chi connectivity index (χ1n) is 9.21. The van der Waals surface area contributed by atoms with Crippen molar-refractivity contribution in [2.75, 3.05) is 38.1 Å². The van der Waals surface area contributed by atoms with Gasteiger partial charge in [-0.1, -0.05) is 36.5 Å². The molecule has 1 N–H and O–H groups in total. The van der Waals surface area contributed by atoms with Crippen LogP contribution < -0.4 is 9.80 Å². The normalized spacial score (nSPS) is 15.7. The third-order valence-corrected chi connectivity index (χ3v) is 6.22. The molecule has 4 rings (SSSR count). The number of hydrogen-bond acceptors (Lipinski definition) is 5. The number of quaternary nitrogens is 1. The van der Waals surface area contributed by atoms with Gasteiger partial charge in [0.1, 0.15) is 10.5 Å². The average Bonchev–Trinajstić information content (AvgIpc) is 2.98. The summed E-state index contributed by atoms with van der Waals surface area (Å²) in [5.41, 5.74) is 2.02. The zero-order valence-electron chi connectivity index (χ0n) is 15.2. The Bertz CT molecular complexity index is 955. The van der Waals surface area contributed by atoms with E-state index >= 15 is 0 Å². The lowest BCUT2D eigenvalue weighted by atomic mass is 10.3. The topological polar surface area (TPSA) is 38.4 Å². The van der Waals surface area contributed by atoms with Crippen LogP contribution in [-0.2, 0) is 6.42 Å². The minimum Gasteiger partial charge on any atom is -0.344 e. The van der Waals surface area contributed by atoms with Gasteiger partial charge in [-0.15, -0.1) is 0 Å². The Labute approximate surface area is 162 Å². The Balaban J connectivity index is 1.90. The van der Waals surface area contributed by atoms with E-state index in [9.17, 15) is 0 Å². The van der Waals surface area contributed by atoms with Crippen molar-refractivity contribution in [3.05, 3.63) is 40.1 Å². The van der Waals surface area contributed by atoms with E-state index in [0.29, 0.717) is 0 Å². The van der Waals surface area contributed by atoms with Crippen LogP contribution in [0.3, 0.4) is 0 Å². The molecule has 26 heavy (non-hydrogen) atoms. The van der Waals surface area contributed by atoms with E-state index in [1.54, 1.807) is 16.2 Å². The smallest absolute Gasteiger partial charge is 0.168 e. The Morgan fingerprint density at radius 2 is 1.88 bits per heavy atom. The summed E-state index contributed by atoms with van der Waals surface area (Å²) in [6.07, 6.45) is 1.92. The monoisotopic (exact) mass is 386 g/mol. The molecule has 1 fully saturated rings. The second-order valence-electron chi connectivity index (χ2n) is 6.85. The number of fused-ring (bicyclic) bond motifs is 1. The molecule has 136 valence electrons. The van der Waals surface area contributed by atoms with Crippen LogP contribution in [0.25, 0.3) is 16.0 Å². The van der Waals surface area contributed by atoms with Crippen molar-refractivity contribution in [1.82, 2.24) is 14.5 Å². The first-order chi connectivity index (χ1) is 12.7. The van der Waals surface area contributed by atoms with Gasteiger partial charge in [0.2, 0.25) is 0 Å². The Kier molecular flexibility index (Phi) is 5.02. The van der Waals surface area contributed by atoms with Crippen LogP contribution >= 0.6 is 23.6 Å². The Morgan fingerprint density at radius 1 is 1.15 bits per heavy atom. The lowest BCUT2D eigenvalue weighted by molar-refractivity contribution is -0.880. The van der Waals surface area contributed by atoms with E-state index in [1.807, 2.05) is 18.2 Å². The number of likely N-dealkylation sites (N-methyl/N-ethyl adjacent to an activating group) is 1. The first kappa shape index (κ1) is 17.6. The fourth-order valence-corrected chi connectivity index (χ4v) is 4.78. The fourth-order valence-electron chi connectivity index (χ4n) is 3.39. The Morgan fingerprint density at radius 3 is 2.58 bits per heavy atom. The van der Waals surface area contributed by atoms with Gasteiger partial charge in [-0.2, -0.15) is 0 Å². The summed E-state index contributed by atoms with van der Waals surface area (Å²) in [6, 6.07) is 10.3. The molecule has 2 aromatic heterocycles. The summed E-state index contributed by atoms with van der Waals surface area (Å²) < 4.78 is 4.04. The standard InChI is InChI=1S/C19H23N5S2/c1-3-7-15-20-17(23-12-10-22(2)11-13-23)16-18(21-15)24(19(25)26-16)14-8-5-4-6-9-14/h4-6,8-9H,3,7,10-13H2,1-2H3/p+1. The third-order valence-electron chi connectivity index (χ3n) is 4.86. The maximum Gasteiger partial charge on any atom is 0.168 e. The molecule has 0 unspecified atom stereocenters. The lowest BCUT2D eigenvalue weighted by Crippen LogP contribution is -3.12. The van der Waals surface area contributed by atoms with E-state index in [0.717, 1.165) is 70.7 Å². The number of anilines is 1. The number of nitrogens with one attached hydrogen (secondary N) is 1. The summed E-state index contributed by atoms with van der Waals surface area (Å²) >= 11 is 7.34. The molecule has 1 saturated heterocycles. The largest absolute Gasteiger partial charge is 0.344 e. The van der Waals surface area contributed by atoms with Crippen LogP contribution in [0.4, 0.5) is 5.82 Å². The van der Waals surface area contributed by atoms with Gasteiger partial charge >= 0.3 is 0 Å². The Hall–Kier alpha value is -1.83. The van der Waals surface area contributed by atoms with E-state index < -0.39 is 0 Å². The molecule has 3 heterocycles. The zero-order valence-corrected chi connectivity index (χ0v) is 16.9. The summed E-state index contributed by atoms with van der Waals surface area (Å²) in [5.74, 6) is 1.98. The highest BCUT2D eigenvalue weighted by molar-refractivity contribution is 7.73. The number of nitrogens with zero attached hydrogens (tertiary/aromatic N) is 4. The summed E-state index contributed by atoms with van der Waals surface area (Å²) in [6.45, 7) is 6.50. The number of benzene rings is 1. The summed E-state index contributed by atoms with van der Waals surface area (Å²) in [5, 5.41) is 0. The maximum atomic E-state index is 5.71. The van der Waals surface area contributed by atoms with Crippen LogP contribution in [-0.4, -0.2) is 47.8 Å². The molecule has 0 spiro atoms. The fraction of sp³-hybridized carbons (Fsp3) is 0.421.